The predicted octanol–water partition coefficient (Wildman–Crippen LogP) is 8.49. The van der Waals surface area contributed by atoms with Crippen LogP contribution >= 0.6 is 0 Å². The molecule has 0 saturated heterocycles. The summed E-state index contributed by atoms with van der Waals surface area (Å²) < 4.78 is 11.1. The van der Waals surface area contributed by atoms with E-state index in [4.69, 9.17) is 3.07 Å². The first-order valence-corrected chi connectivity index (χ1v) is 18.6. The van der Waals surface area contributed by atoms with E-state index in [-0.39, 0.29) is 0 Å². The summed E-state index contributed by atoms with van der Waals surface area (Å²) >= 11 is -2.30. The Bertz CT molecular complexity index is 226. The van der Waals surface area contributed by atoms with E-state index in [1.165, 1.54) is 103 Å². The van der Waals surface area contributed by atoms with Gasteiger partial charge in [0.15, 0.2) is 0 Å². The SMILES string of the molecule is CCCCCCC[CH2][Sn]([CH2]CCC)([CH2]CCCCCCC)[O]CC. The molecule has 0 aromatic heterocycles. The Morgan fingerprint density at radius 1 is 0.458 bits per heavy atom. The molecule has 0 atom stereocenters. The first-order valence-electron chi connectivity index (χ1n) is 11.4. The zero-order valence-electron chi connectivity index (χ0n) is 17.6. The van der Waals surface area contributed by atoms with Crippen LogP contribution in [0, 0.1) is 0 Å². The van der Waals surface area contributed by atoms with Gasteiger partial charge in [0, 0.05) is 0 Å². The van der Waals surface area contributed by atoms with Crippen LogP contribution in [0.1, 0.15) is 118 Å². The Hall–Kier alpha value is 0.759. The van der Waals surface area contributed by atoms with Gasteiger partial charge in [0.1, 0.15) is 0 Å². The fraction of sp³-hybridized carbons (Fsp3) is 1.00. The van der Waals surface area contributed by atoms with Crippen molar-refractivity contribution in [2.45, 2.75) is 131 Å². The van der Waals surface area contributed by atoms with Crippen molar-refractivity contribution in [1.82, 2.24) is 0 Å². The van der Waals surface area contributed by atoms with Crippen molar-refractivity contribution in [3.05, 3.63) is 0 Å². The molecule has 2 heteroatoms. The summed E-state index contributed by atoms with van der Waals surface area (Å²) in [5.41, 5.74) is 0. The molecule has 0 aromatic rings. The van der Waals surface area contributed by atoms with Crippen LogP contribution < -0.4 is 0 Å². The molecular formula is C22H48OSn. The molecule has 0 unspecified atom stereocenters. The summed E-state index contributed by atoms with van der Waals surface area (Å²) in [5, 5.41) is 0. The first kappa shape index (κ1) is 24.8. The molecule has 0 spiro atoms. The fourth-order valence-electron chi connectivity index (χ4n) is 3.85. The Labute approximate surface area is 159 Å². The van der Waals surface area contributed by atoms with Gasteiger partial charge in [-0.25, -0.2) is 0 Å². The summed E-state index contributed by atoms with van der Waals surface area (Å²) in [6.45, 7) is 10.2. The van der Waals surface area contributed by atoms with Crippen molar-refractivity contribution >= 4 is 18.8 Å². The van der Waals surface area contributed by atoms with Crippen LogP contribution in [-0.4, -0.2) is 25.4 Å². The van der Waals surface area contributed by atoms with Gasteiger partial charge < -0.3 is 0 Å². The average molecular weight is 447 g/mol. The maximum absolute atomic E-state index is 6.60. The van der Waals surface area contributed by atoms with E-state index in [0.717, 1.165) is 6.61 Å². The molecule has 0 aliphatic rings. The van der Waals surface area contributed by atoms with Crippen molar-refractivity contribution in [2.75, 3.05) is 6.61 Å². The summed E-state index contributed by atoms with van der Waals surface area (Å²) in [5.74, 6) is 0. The van der Waals surface area contributed by atoms with E-state index in [1.807, 2.05) is 0 Å². The molecule has 0 N–H and O–H groups in total. The molecule has 0 fully saturated rings. The van der Waals surface area contributed by atoms with Crippen LogP contribution in [0.4, 0.5) is 0 Å². The number of hydrogen-bond acceptors (Lipinski definition) is 1. The van der Waals surface area contributed by atoms with Crippen LogP contribution in [0.2, 0.25) is 13.3 Å². The maximum atomic E-state index is 6.60. The summed E-state index contributed by atoms with van der Waals surface area (Å²) in [7, 11) is 0. The van der Waals surface area contributed by atoms with Crippen molar-refractivity contribution in [3.63, 3.8) is 0 Å². The van der Waals surface area contributed by atoms with Gasteiger partial charge in [-0.3, -0.25) is 0 Å². The Morgan fingerprint density at radius 3 is 1.25 bits per heavy atom. The van der Waals surface area contributed by atoms with Crippen LogP contribution in [0.25, 0.3) is 0 Å². The molecule has 0 aliphatic heterocycles. The topological polar surface area (TPSA) is 9.23 Å². The quantitative estimate of drug-likeness (QED) is 0.143. The van der Waals surface area contributed by atoms with Gasteiger partial charge in [-0.15, -0.1) is 0 Å². The molecule has 0 rings (SSSR count). The van der Waals surface area contributed by atoms with E-state index in [9.17, 15) is 0 Å². The van der Waals surface area contributed by atoms with Gasteiger partial charge >= 0.3 is 159 Å². The van der Waals surface area contributed by atoms with E-state index >= 15 is 0 Å². The van der Waals surface area contributed by atoms with Crippen molar-refractivity contribution in [1.29, 1.82) is 0 Å². The Morgan fingerprint density at radius 2 is 0.833 bits per heavy atom. The van der Waals surface area contributed by atoms with Crippen molar-refractivity contribution in [2.24, 2.45) is 0 Å². The fourth-order valence-corrected chi connectivity index (χ4v) is 16.9. The zero-order chi connectivity index (χ0) is 17.9. The molecule has 0 aliphatic carbocycles. The predicted molar refractivity (Wildman–Crippen MR) is 113 cm³/mol. The number of hydrogen-bond donors (Lipinski definition) is 0. The number of unbranched alkanes of at least 4 members (excludes halogenated alkanes) is 11. The molecule has 0 amide bonds. The van der Waals surface area contributed by atoms with E-state index in [2.05, 4.69) is 27.7 Å². The zero-order valence-corrected chi connectivity index (χ0v) is 20.5. The van der Waals surface area contributed by atoms with Gasteiger partial charge in [0.25, 0.3) is 0 Å². The molecule has 24 heavy (non-hydrogen) atoms. The van der Waals surface area contributed by atoms with Crippen LogP contribution in [-0.2, 0) is 3.07 Å². The third-order valence-corrected chi connectivity index (χ3v) is 18.8. The normalized spacial score (nSPS) is 12.0. The number of rotatable bonds is 19. The summed E-state index contributed by atoms with van der Waals surface area (Å²) in [6, 6.07) is 0. The third-order valence-electron chi connectivity index (χ3n) is 5.41. The van der Waals surface area contributed by atoms with Gasteiger partial charge in [0.2, 0.25) is 0 Å². The molecule has 0 saturated carbocycles. The minimum absolute atomic E-state index is 0.978. The van der Waals surface area contributed by atoms with E-state index < -0.39 is 18.8 Å². The second kappa shape index (κ2) is 18.5. The van der Waals surface area contributed by atoms with Crippen LogP contribution in [0.5, 0.6) is 0 Å². The minimum atomic E-state index is -2.30. The molecule has 0 aromatic carbocycles. The van der Waals surface area contributed by atoms with Gasteiger partial charge in [-0.2, -0.15) is 0 Å². The van der Waals surface area contributed by atoms with Crippen molar-refractivity contribution < 1.29 is 3.07 Å². The summed E-state index contributed by atoms with van der Waals surface area (Å²) in [6.07, 6.45) is 19.9. The second-order valence-electron chi connectivity index (χ2n) is 7.76. The van der Waals surface area contributed by atoms with E-state index in [0.29, 0.717) is 0 Å². The first-order chi connectivity index (χ1) is 11.7. The average Bonchev–Trinajstić information content (AvgIpc) is 2.59. The summed E-state index contributed by atoms with van der Waals surface area (Å²) in [4.78, 5) is 0. The Kier molecular flexibility index (Phi) is 19.1. The molecule has 146 valence electrons. The standard InChI is InChI=1S/2C8H17.C4H9.C2H5O.Sn/c2*1-3-5-7-8-6-4-2;1-3-4-2;1-2-3;/h2*1,3-8H2,2H3;1,3-4H2,2H3;2H2,1H3;/q;;;-1;+1. The molecule has 0 bridgehead atoms. The van der Waals surface area contributed by atoms with Crippen LogP contribution in [0.15, 0.2) is 0 Å². The van der Waals surface area contributed by atoms with Crippen molar-refractivity contribution in [3.8, 4) is 0 Å². The monoisotopic (exact) mass is 448 g/mol. The van der Waals surface area contributed by atoms with Crippen LogP contribution in [0.3, 0.4) is 0 Å². The molecule has 1 nitrogen and oxygen atoms in total. The molecule has 0 radical (unpaired) electrons. The molecular weight excluding hydrogens is 399 g/mol. The second-order valence-corrected chi connectivity index (χ2v) is 19.6. The van der Waals surface area contributed by atoms with E-state index in [1.54, 1.807) is 0 Å². The molecule has 0 heterocycles. The Balaban J connectivity index is 4.23. The third kappa shape index (κ3) is 14.0. The van der Waals surface area contributed by atoms with Gasteiger partial charge in [-0.05, 0) is 0 Å². The van der Waals surface area contributed by atoms with Gasteiger partial charge in [-0.1, -0.05) is 0 Å². The van der Waals surface area contributed by atoms with Gasteiger partial charge in [0.05, 0.1) is 0 Å².